The molecule has 0 aromatic carbocycles. The molecule has 0 saturated carbocycles. The van der Waals surface area contributed by atoms with Crippen molar-refractivity contribution < 1.29 is 44.6 Å². The van der Waals surface area contributed by atoms with E-state index in [1.165, 1.54) is 0 Å². The molecule has 9 heavy (non-hydrogen) atoms. The van der Waals surface area contributed by atoms with Crippen molar-refractivity contribution in [1.29, 1.82) is 0 Å². The molecular formula is H10AlFeMgO5P. The zero-order chi connectivity index (χ0) is 4.50. The van der Waals surface area contributed by atoms with Crippen LogP contribution in [-0.4, -0.2) is 60.6 Å². The summed E-state index contributed by atoms with van der Waals surface area (Å²) in [4.78, 5) is 21.6. The number of hydrogen-bond acceptors (Lipinski definition) is 1. The molecule has 0 radical (unpaired) electrons. The van der Waals surface area contributed by atoms with Gasteiger partial charge in [0.2, 0.25) is 0 Å². The van der Waals surface area contributed by atoms with Crippen LogP contribution in [0.1, 0.15) is 2.85 Å². The van der Waals surface area contributed by atoms with Gasteiger partial charge in [-0.25, -0.2) is 4.57 Å². The van der Waals surface area contributed by atoms with Crippen LogP contribution in [-0.2, 0) is 21.6 Å². The molecule has 0 atom stereocenters. The van der Waals surface area contributed by atoms with E-state index >= 15 is 0 Å². The average molecular weight is 228 g/mol. The molecule has 0 spiro atoms. The fourth-order valence-electron chi connectivity index (χ4n) is 0. The summed E-state index contributed by atoms with van der Waals surface area (Å²) in [6.07, 6.45) is 0. The first-order valence-electron chi connectivity index (χ1n) is 0.783. The maximum absolute atomic E-state index is 8.88. The topological polar surface area (TPSA) is 109 Å². The Kier molecular flexibility index (Phi) is 42.8. The monoisotopic (exact) mass is 228 g/mol. The fourth-order valence-corrected chi connectivity index (χ4v) is 0. The smallest absolute Gasteiger partial charge is 1.00 e. The van der Waals surface area contributed by atoms with E-state index in [0.29, 0.717) is 0 Å². The first-order chi connectivity index (χ1) is 2.00. The third kappa shape index (κ3) is 173. The molecule has 0 amide bonds. The van der Waals surface area contributed by atoms with Crippen LogP contribution >= 0.6 is 7.82 Å². The molecule has 0 aromatic heterocycles. The molecule has 0 fully saturated rings. The predicted molar refractivity (Wildman–Crippen MR) is 35.8 cm³/mol. The van der Waals surface area contributed by atoms with Crippen LogP contribution in [0.4, 0.5) is 0 Å². The van der Waals surface area contributed by atoms with E-state index in [-0.39, 0.29) is 65.8 Å². The van der Waals surface area contributed by atoms with Gasteiger partial charge in [0, 0.05) is 17.1 Å². The summed E-state index contributed by atoms with van der Waals surface area (Å²) in [7, 11) is -4.64. The Hall–Kier alpha value is 1.89. The molecule has 0 saturated heterocycles. The number of phosphoric acid groups is 1. The third-order valence-electron chi connectivity index (χ3n) is 0. The molecule has 0 aliphatic heterocycles. The minimum absolute atomic E-state index is 0. The summed E-state index contributed by atoms with van der Waals surface area (Å²) in [5.41, 5.74) is 0. The summed E-state index contributed by atoms with van der Waals surface area (Å²) in [6, 6.07) is 0. The fraction of sp³-hybridized carbons (Fsp3) is 0. The van der Waals surface area contributed by atoms with Gasteiger partial charge in [0.1, 0.15) is 0 Å². The van der Waals surface area contributed by atoms with E-state index in [1.807, 2.05) is 0 Å². The van der Waals surface area contributed by atoms with Gasteiger partial charge in [-0.3, -0.25) is 0 Å². The van der Waals surface area contributed by atoms with Crippen LogP contribution in [0.3, 0.4) is 0 Å². The van der Waals surface area contributed by atoms with Gasteiger partial charge < -0.3 is 23.0 Å². The van der Waals surface area contributed by atoms with Crippen molar-refractivity contribution in [3.8, 4) is 0 Å². The molecule has 0 bridgehead atoms. The van der Waals surface area contributed by atoms with Crippen molar-refractivity contribution in [3.63, 3.8) is 0 Å². The summed E-state index contributed by atoms with van der Waals surface area (Å²) < 4.78 is 8.88. The standard InChI is InChI=1S/Al.Fe.Mg.H3O4P.H2O.5H/c;;;1-5(2,3)4;;;;;;/h;;;(H3,1,2,3,4);1H2;;;;;/q;;+2;;;;;;2*-1. The second-order valence-corrected chi connectivity index (χ2v) is 1.54. The SMILES string of the molecule is O.O=P(O)(O)O.[AlH3].[Fe].[H-].[H-].[Mg+2]. The minimum Gasteiger partial charge on any atom is -1.00 e. The minimum atomic E-state index is -4.64. The van der Waals surface area contributed by atoms with Crippen LogP contribution in [0.2, 0.25) is 0 Å². The first-order valence-corrected chi connectivity index (χ1v) is 2.35. The summed E-state index contributed by atoms with van der Waals surface area (Å²) in [5, 5.41) is 0. The molecule has 5 nitrogen and oxygen atoms in total. The van der Waals surface area contributed by atoms with E-state index in [0.717, 1.165) is 0 Å². The van der Waals surface area contributed by atoms with Crippen molar-refractivity contribution in [2.75, 3.05) is 0 Å². The van der Waals surface area contributed by atoms with Gasteiger partial charge in [0.15, 0.2) is 17.4 Å². The molecule has 0 aromatic rings. The zero-order valence-electron chi connectivity index (χ0n) is 5.76. The van der Waals surface area contributed by atoms with Crippen molar-refractivity contribution in [2.45, 2.75) is 0 Å². The Morgan fingerprint density at radius 1 is 1.22 bits per heavy atom. The van der Waals surface area contributed by atoms with Crippen LogP contribution in [0, 0.1) is 0 Å². The number of rotatable bonds is 0. The van der Waals surface area contributed by atoms with Crippen LogP contribution in [0.15, 0.2) is 0 Å². The molecule has 9 heteroatoms. The van der Waals surface area contributed by atoms with Crippen LogP contribution in [0.25, 0.3) is 0 Å². The van der Waals surface area contributed by atoms with Gasteiger partial charge in [0.05, 0.1) is 0 Å². The predicted octanol–water partition coefficient (Wildman–Crippen LogP) is -3.10. The molecule has 5 N–H and O–H groups in total. The zero-order valence-corrected chi connectivity index (χ0v) is 7.17. The van der Waals surface area contributed by atoms with Gasteiger partial charge in [-0.1, -0.05) is 0 Å². The van der Waals surface area contributed by atoms with Crippen molar-refractivity contribution in [3.05, 3.63) is 0 Å². The largest absolute Gasteiger partial charge is 2.00 e. The third-order valence-corrected chi connectivity index (χ3v) is 0. The Morgan fingerprint density at radius 3 is 1.22 bits per heavy atom. The van der Waals surface area contributed by atoms with Crippen molar-refractivity contribution in [1.82, 2.24) is 0 Å². The molecule has 58 valence electrons. The van der Waals surface area contributed by atoms with Crippen molar-refractivity contribution >= 4 is 48.2 Å². The summed E-state index contributed by atoms with van der Waals surface area (Å²) in [6.45, 7) is 0. The average Bonchev–Trinajstić information content (AvgIpc) is 0.722. The van der Waals surface area contributed by atoms with Gasteiger partial charge in [-0.05, 0) is 0 Å². The Balaban J connectivity index is -0.00000000533. The quantitative estimate of drug-likeness (QED) is 0.301. The van der Waals surface area contributed by atoms with E-state index in [4.69, 9.17) is 19.2 Å². The number of hydrogen-bond donors (Lipinski definition) is 3. The molecule has 0 heterocycles. The summed E-state index contributed by atoms with van der Waals surface area (Å²) >= 11 is 0. The molecule has 0 aliphatic rings. The van der Waals surface area contributed by atoms with Crippen LogP contribution < -0.4 is 0 Å². The van der Waals surface area contributed by atoms with E-state index < -0.39 is 7.82 Å². The van der Waals surface area contributed by atoms with E-state index in [9.17, 15) is 0 Å². The molecule has 0 aliphatic carbocycles. The molecular weight excluding hydrogens is 218 g/mol. The van der Waals surface area contributed by atoms with Gasteiger partial charge in [0.25, 0.3) is 0 Å². The second kappa shape index (κ2) is 12.6. The van der Waals surface area contributed by atoms with Crippen LogP contribution in [0.5, 0.6) is 0 Å². The van der Waals surface area contributed by atoms with Gasteiger partial charge in [-0.15, -0.1) is 0 Å². The Bertz CT molecular complexity index is 70.6. The normalized spacial score (nSPS) is 6.56. The first kappa shape index (κ1) is 30.7. The van der Waals surface area contributed by atoms with Crippen molar-refractivity contribution in [2.24, 2.45) is 0 Å². The van der Waals surface area contributed by atoms with Gasteiger partial charge >= 0.3 is 30.9 Å². The Labute approximate surface area is 92.5 Å². The van der Waals surface area contributed by atoms with E-state index in [1.54, 1.807) is 0 Å². The summed E-state index contributed by atoms with van der Waals surface area (Å²) in [5.74, 6) is 0. The second-order valence-electron chi connectivity index (χ2n) is 0.513. The van der Waals surface area contributed by atoms with E-state index in [2.05, 4.69) is 0 Å². The van der Waals surface area contributed by atoms with Gasteiger partial charge in [-0.2, -0.15) is 0 Å². The molecule has 0 unspecified atom stereocenters. The molecule has 0 rings (SSSR count). The maximum Gasteiger partial charge on any atom is 2.00 e. The Morgan fingerprint density at radius 2 is 1.22 bits per heavy atom. The maximum atomic E-state index is 8.88.